The molecule has 1 aromatic carbocycles. The predicted molar refractivity (Wildman–Crippen MR) is 71.6 cm³/mol. The van der Waals surface area contributed by atoms with Crippen molar-refractivity contribution >= 4 is 21.4 Å². The summed E-state index contributed by atoms with van der Waals surface area (Å²) in [6, 6.07) is 6.08. The standard InChI is InChI=1S/C13H16ClNO2S/c14-11-4-1-3-10-12(15-9-6-7-9)5-2-8-18(16,17)13(10)11/h1,3-4,9,12,15H,2,5-8H2. The van der Waals surface area contributed by atoms with Crippen molar-refractivity contribution in [3.05, 3.63) is 28.8 Å². The van der Waals surface area contributed by atoms with E-state index in [0.29, 0.717) is 22.4 Å². The molecule has 1 atom stereocenters. The first-order chi connectivity index (χ1) is 8.58. The van der Waals surface area contributed by atoms with Crippen LogP contribution < -0.4 is 5.32 Å². The number of halogens is 1. The maximum absolute atomic E-state index is 12.2. The summed E-state index contributed by atoms with van der Waals surface area (Å²) in [5.74, 6) is 0.201. The first-order valence-electron chi connectivity index (χ1n) is 6.35. The lowest BCUT2D eigenvalue weighted by Crippen LogP contribution is -2.23. The molecule has 0 bridgehead atoms. The van der Waals surface area contributed by atoms with Crippen LogP contribution in [0, 0.1) is 0 Å². The van der Waals surface area contributed by atoms with E-state index >= 15 is 0 Å². The third-order valence-corrected chi connectivity index (χ3v) is 5.93. The summed E-state index contributed by atoms with van der Waals surface area (Å²) in [4.78, 5) is 0.349. The Hall–Kier alpha value is -0.580. The van der Waals surface area contributed by atoms with Crippen LogP contribution in [0.1, 0.15) is 37.3 Å². The Morgan fingerprint density at radius 2 is 2.00 bits per heavy atom. The molecule has 0 amide bonds. The van der Waals surface area contributed by atoms with Gasteiger partial charge in [-0.3, -0.25) is 0 Å². The summed E-state index contributed by atoms with van der Waals surface area (Å²) in [5, 5.41) is 3.89. The molecule has 0 aromatic heterocycles. The predicted octanol–water partition coefficient (Wildman–Crippen LogP) is 2.70. The van der Waals surface area contributed by atoms with Crippen LogP contribution in [-0.2, 0) is 9.84 Å². The van der Waals surface area contributed by atoms with Crippen LogP contribution in [-0.4, -0.2) is 20.2 Å². The third-order valence-electron chi connectivity index (χ3n) is 3.60. The highest BCUT2D eigenvalue weighted by Crippen LogP contribution is 2.37. The Labute approximate surface area is 112 Å². The number of rotatable bonds is 2. The summed E-state index contributed by atoms with van der Waals surface area (Å²) < 4.78 is 24.5. The fourth-order valence-corrected chi connectivity index (χ4v) is 4.79. The van der Waals surface area contributed by atoms with Crippen LogP contribution in [0.2, 0.25) is 5.02 Å². The van der Waals surface area contributed by atoms with E-state index in [1.807, 2.05) is 12.1 Å². The topological polar surface area (TPSA) is 46.2 Å². The number of hydrogen-bond acceptors (Lipinski definition) is 3. The van der Waals surface area contributed by atoms with Gasteiger partial charge < -0.3 is 5.32 Å². The molecular weight excluding hydrogens is 270 g/mol. The van der Waals surface area contributed by atoms with Crippen LogP contribution in [0.25, 0.3) is 0 Å². The third kappa shape index (κ3) is 2.29. The summed E-state index contributed by atoms with van der Waals surface area (Å²) in [6.07, 6.45) is 3.94. The van der Waals surface area contributed by atoms with Gasteiger partial charge in [-0.15, -0.1) is 0 Å². The summed E-state index contributed by atoms with van der Waals surface area (Å²) >= 11 is 6.11. The second kappa shape index (κ2) is 4.51. The molecule has 0 spiro atoms. The van der Waals surface area contributed by atoms with Crippen LogP contribution in [0.15, 0.2) is 23.1 Å². The van der Waals surface area contributed by atoms with E-state index in [1.54, 1.807) is 6.07 Å². The highest BCUT2D eigenvalue weighted by molar-refractivity contribution is 7.91. The molecular formula is C13H16ClNO2S. The zero-order valence-electron chi connectivity index (χ0n) is 10.0. The fraction of sp³-hybridized carbons (Fsp3) is 0.538. The van der Waals surface area contributed by atoms with Gasteiger partial charge >= 0.3 is 0 Å². The molecule has 1 aliphatic heterocycles. The smallest absolute Gasteiger partial charge is 0.180 e. The number of benzene rings is 1. The van der Waals surface area contributed by atoms with Gasteiger partial charge in [0.2, 0.25) is 0 Å². The SMILES string of the molecule is O=S1(=O)CCCC(NC2CC2)c2cccc(Cl)c21. The van der Waals surface area contributed by atoms with E-state index in [0.717, 1.165) is 12.0 Å². The van der Waals surface area contributed by atoms with E-state index in [9.17, 15) is 8.42 Å². The monoisotopic (exact) mass is 285 g/mol. The van der Waals surface area contributed by atoms with Crippen LogP contribution in [0.4, 0.5) is 0 Å². The Morgan fingerprint density at radius 3 is 2.72 bits per heavy atom. The van der Waals surface area contributed by atoms with Crippen LogP contribution >= 0.6 is 11.6 Å². The molecule has 3 nitrogen and oxygen atoms in total. The molecule has 1 unspecified atom stereocenters. The first kappa shape index (κ1) is 12.5. The lowest BCUT2D eigenvalue weighted by atomic mass is 10.0. The van der Waals surface area contributed by atoms with E-state index in [4.69, 9.17) is 11.6 Å². The van der Waals surface area contributed by atoms with Crippen LogP contribution in [0.5, 0.6) is 0 Å². The van der Waals surface area contributed by atoms with Crippen molar-refractivity contribution in [3.8, 4) is 0 Å². The quantitative estimate of drug-likeness (QED) is 0.909. The molecule has 1 aromatic rings. The number of fused-ring (bicyclic) bond motifs is 1. The van der Waals surface area contributed by atoms with Crippen molar-refractivity contribution in [2.75, 3.05) is 5.75 Å². The molecule has 3 rings (SSSR count). The summed E-state index contributed by atoms with van der Waals surface area (Å²) in [7, 11) is -3.23. The molecule has 0 saturated heterocycles. The van der Waals surface area contributed by atoms with Gasteiger partial charge in [-0.1, -0.05) is 23.7 Å². The van der Waals surface area contributed by atoms with Crippen LogP contribution in [0.3, 0.4) is 0 Å². The Balaban J connectivity index is 2.09. The van der Waals surface area contributed by atoms with Crippen molar-refractivity contribution in [2.45, 2.75) is 42.7 Å². The number of nitrogens with one attached hydrogen (secondary N) is 1. The molecule has 18 heavy (non-hydrogen) atoms. The second-order valence-corrected chi connectivity index (χ2v) is 7.57. The average molecular weight is 286 g/mol. The maximum atomic E-state index is 12.2. The van der Waals surface area contributed by atoms with Gasteiger partial charge in [0, 0.05) is 12.1 Å². The minimum atomic E-state index is -3.23. The molecule has 2 aliphatic rings. The Bertz CT molecular complexity index is 566. The molecule has 1 aliphatic carbocycles. The second-order valence-electron chi connectivity index (χ2n) is 5.11. The highest BCUT2D eigenvalue weighted by atomic mass is 35.5. The molecule has 1 saturated carbocycles. The summed E-state index contributed by atoms with van der Waals surface area (Å²) in [6.45, 7) is 0. The Morgan fingerprint density at radius 1 is 1.22 bits per heavy atom. The minimum Gasteiger partial charge on any atom is -0.307 e. The van der Waals surface area contributed by atoms with E-state index in [2.05, 4.69) is 5.32 Å². The highest BCUT2D eigenvalue weighted by Gasteiger charge is 2.32. The number of hydrogen-bond donors (Lipinski definition) is 1. The molecule has 1 N–H and O–H groups in total. The zero-order valence-corrected chi connectivity index (χ0v) is 11.6. The lowest BCUT2D eigenvalue weighted by Gasteiger charge is -2.19. The Kier molecular flexibility index (Phi) is 3.12. The normalized spacial score (nSPS) is 26.4. The zero-order chi connectivity index (χ0) is 12.8. The largest absolute Gasteiger partial charge is 0.307 e. The molecule has 1 fully saturated rings. The average Bonchev–Trinajstić information content (AvgIpc) is 3.10. The summed E-state index contributed by atoms with van der Waals surface area (Å²) in [5.41, 5.74) is 0.854. The van der Waals surface area contributed by atoms with Crippen molar-refractivity contribution < 1.29 is 8.42 Å². The van der Waals surface area contributed by atoms with Crippen molar-refractivity contribution in [2.24, 2.45) is 0 Å². The lowest BCUT2D eigenvalue weighted by molar-refractivity contribution is 0.490. The van der Waals surface area contributed by atoms with Gasteiger partial charge in [-0.25, -0.2) is 8.42 Å². The van der Waals surface area contributed by atoms with Gasteiger partial charge in [-0.05, 0) is 37.3 Å². The van der Waals surface area contributed by atoms with Gasteiger partial charge in [0.15, 0.2) is 9.84 Å². The van der Waals surface area contributed by atoms with Gasteiger partial charge in [0.1, 0.15) is 0 Å². The molecule has 5 heteroatoms. The molecule has 98 valence electrons. The van der Waals surface area contributed by atoms with Crippen molar-refractivity contribution in [1.82, 2.24) is 5.32 Å². The molecule has 0 radical (unpaired) electrons. The molecule has 1 heterocycles. The minimum absolute atomic E-state index is 0.128. The van der Waals surface area contributed by atoms with Gasteiger partial charge in [0.05, 0.1) is 15.7 Å². The van der Waals surface area contributed by atoms with E-state index in [1.165, 1.54) is 12.8 Å². The fourth-order valence-electron chi connectivity index (χ4n) is 2.57. The van der Waals surface area contributed by atoms with E-state index < -0.39 is 9.84 Å². The van der Waals surface area contributed by atoms with Crippen molar-refractivity contribution in [1.29, 1.82) is 0 Å². The maximum Gasteiger partial charge on any atom is 0.180 e. The van der Waals surface area contributed by atoms with E-state index in [-0.39, 0.29) is 11.8 Å². The first-order valence-corrected chi connectivity index (χ1v) is 8.38. The van der Waals surface area contributed by atoms with Gasteiger partial charge in [0.25, 0.3) is 0 Å². The number of sulfone groups is 1. The van der Waals surface area contributed by atoms with Gasteiger partial charge in [-0.2, -0.15) is 0 Å². The van der Waals surface area contributed by atoms with Crippen molar-refractivity contribution in [3.63, 3.8) is 0 Å².